The molecule has 0 aliphatic heterocycles. The summed E-state index contributed by atoms with van der Waals surface area (Å²) in [5.41, 5.74) is 2.67. The van der Waals surface area contributed by atoms with E-state index in [-0.39, 0.29) is 5.92 Å². The lowest BCUT2D eigenvalue weighted by atomic mass is 10.1. The van der Waals surface area contributed by atoms with Gasteiger partial charge in [0, 0.05) is 11.3 Å². The van der Waals surface area contributed by atoms with Crippen LogP contribution in [0.3, 0.4) is 0 Å². The van der Waals surface area contributed by atoms with E-state index < -0.39 is 5.97 Å². The standard InChI is InChI=1S/C15H17NO3/c1-9(2)14-11(15(17)18)8-12(16-14)10-6-4-5-7-13(10)19-3/h4-9,16H,1-3H3,(H,17,18). The van der Waals surface area contributed by atoms with E-state index in [0.29, 0.717) is 5.56 Å². The highest BCUT2D eigenvalue weighted by Crippen LogP contribution is 2.32. The molecule has 2 rings (SSSR count). The van der Waals surface area contributed by atoms with E-state index in [2.05, 4.69) is 4.98 Å². The van der Waals surface area contributed by atoms with Gasteiger partial charge in [0.2, 0.25) is 0 Å². The number of benzene rings is 1. The molecule has 0 spiro atoms. The third-order valence-electron chi connectivity index (χ3n) is 3.05. The van der Waals surface area contributed by atoms with Gasteiger partial charge in [-0.2, -0.15) is 0 Å². The van der Waals surface area contributed by atoms with Gasteiger partial charge in [-0.1, -0.05) is 26.0 Å². The van der Waals surface area contributed by atoms with Crippen molar-refractivity contribution in [3.05, 3.63) is 41.6 Å². The van der Waals surface area contributed by atoms with Crippen molar-refractivity contribution in [1.82, 2.24) is 4.98 Å². The molecule has 0 amide bonds. The van der Waals surface area contributed by atoms with Crippen molar-refractivity contribution < 1.29 is 14.6 Å². The second-order valence-electron chi connectivity index (χ2n) is 4.67. The number of para-hydroxylation sites is 1. The van der Waals surface area contributed by atoms with E-state index in [1.165, 1.54) is 0 Å². The fourth-order valence-electron chi connectivity index (χ4n) is 2.12. The van der Waals surface area contributed by atoms with Gasteiger partial charge in [0.25, 0.3) is 0 Å². The SMILES string of the molecule is COc1ccccc1-c1cc(C(=O)O)c(C(C)C)[nH]1. The zero-order valence-electron chi connectivity index (χ0n) is 11.2. The highest BCUT2D eigenvalue weighted by molar-refractivity contribution is 5.91. The number of aromatic nitrogens is 1. The van der Waals surface area contributed by atoms with E-state index in [1.807, 2.05) is 38.1 Å². The molecule has 2 aromatic rings. The first-order chi connectivity index (χ1) is 9.04. The first-order valence-electron chi connectivity index (χ1n) is 6.14. The molecule has 1 aromatic heterocycles. The van der Waals surface area contributed by atoms with Gasteiger partial charge in [-0.3, -0.25) is 0 Å². The largest absolute Gasteiger partial charge is 0.496 e. The number of rotatable bonds is 4. The normalized spacial score (nSPS) is 10.7. The van der Waals surface area contributed by atoms with Gasteiger partial charge in [0.15, 0.2) is 0 Å². The second kappa shape index (κ2) is 5.18. The smallest absolute Gasteiger partial charge is 0.337 e. The van der Waals surface area contributed by atoms with Crippen LogP contribution in [0.15, 0.2) is 30.3 Å². The molecular weight excluding hydrogens is 242 g/mol. The molecule has 0 atom stereocenters. The Morgan fingerprint density at radius 3 is 2.53 bits per heavy atom. The minimum Gasteiger partial charge on any atom is -0.496 e. The molecule has 0 saturated heterocycles. The first-order valence-corrected chi connectivity index (χ1v) is 6.14. The van der Waals surface area contributed by atoms with Crippen molar-refractivity contribution in [2.75, 3.05) is 7.11 Å². The van der Waals surface area contributed by atoms with Crippen LogP contribution in [0.1, 0.15) is 35.8 Å². The van der Waals surface area contributed by atoms with Crippen LogP contribution in [0.4, 0.5) is 0 Å². The van der Waals surface area contributed by atoms with Crippen LogP contribution in [0.5, 0.6) is 5.75 Å². The predicted molar refractivity (Wildman–Crippen MR) is 73.8 cm³/mol. The number of aromatic carboxylic acids is 1. The summed E-state index contributed by atoms with van der Waals surface area (Å²) in [5, 5.41) is 9.25. The Balaban J connectivity index is 2.57. The monoisotopic (exact) mass is 259 g/mol. The maximum absolute atomic E-state index is 11.3. The Labute approximate surface area is 112 Å². The minimum atomic E-state index is -0.916. The van der Waals surface area contributed by atoms with Crippen molar-refractivity contribution in [1.29, 1.82) is 0 Å². The summed E-state index contributed by atoms with van der Waals surface area (Å²) in [7, 11) is 1.60. The zero-order valence-corrected chi connectivity index (χ0v) is 11.2. The van der Waals surface area contributed by atoms with Crippen molar-refractivity contribution in [3.63, 3.8) is 0 Å². The topological polar surface area (TPSA) is 62.3 Å². The van der Waals surface area contributed by atoms with E-state index in [4.69, 9.17) is 4.74 Å². The summed E-state index contributed by atoms with van der Waals surface area (Å²) >= 11 is 0. The Bertz CT molecular complexity index is 599. The summed E-state index contributed by atoms with van der Waals surface area (Å²) in [6.07, 6.45) is 0. The quantitative estimate of drug-likeness (QED) is 0.883. The van der Waals surface area contributed by atoms with Crippen LogP contribution >= 0.6 is 0 Å². The number of nitrogens with one attached hydrogen (secondary N) is 1. The van der Waals surface area contributed by atoms with E-state index >= 15 is 0 Å². The molecule has 4 nitrogen and oxygen atoms in total. The number of hydrogen-bond acceptors (Lipinski definition) is 2. The predicted octanol–water partition coefficient (Wildman–Crippen LogP) is 3.51. The molecule has 4 heteroatoms. The molecule has 0 radical (unpaired) electrons. The molecule has 19 heavy (non-hydrogen) atoms. The van der Waals surface area contributed by atoms with Gasteiger partial charge >= 0.3 is 5.97 Å². The molecule has 2 N–H and O–H groups in total. The fourth-order valence-corrected chi connectivity index (χ4v) is 2.12. The van der Waals surface area contributed by atoms with Gasteiger partial charge in [-0.05, 0) is 24.1 Å². The number of hydrogen-bond donors (Lipinski definition) is 2. The molecule has 0 aliphatic rings. The number of carboxylic acid groups (broad SMARTS) is 1. The minimum absolute atomic E-state index is 0.120. The maximum Gasteiger partial charge on any atom is 0.337 e. The van der Waals surface area contributed by atoms with E-state index in [0.717, 1.165) is 22.7 Å². The van der Waals surface area contributed by atoms with Crippen molar-refractivity contribution in [3.8, 4) is 17.0 Å². The number of methoxy groups -OCH3 is 1. The van der Waals surface area contributed by atoms with Gasteiger partial charge < -0.3 is 14.8 Å². The molecular formula is C15H17NO3. The summed E-state index contributed by atoms with van der Waals surface area (Å²) < 4.78 is 5.30. The summed E-state index contributed by atoms with van der Waals surface area (Å²) in [6, 6.07) is 9.20. The van der Waals surface area contributed by atoms with Crippen LogP contribution < -0.4 is 4.74 Å². The Morgan fingerprint density at radius 1 is 1.32 bits per heavy atom. The average Bonchev–Trinajstić information content (AvgIpc) is 2.84. The third-order valence-corrected chi connectivity index (χ3v) is 3.05. The van der Waals surface area contributed by atoms with Gasteiger partial charge in [0.1, 0.15) is 5.75 Å². The zero-order chi connectivity index (χ0) is 14.0. The van der Waals surface area contributed by atoms with Crippen LogP contribution in [-0.4, -0.2) is 23.2 Å². The third kappa shape index (κ3) is 2.47. The summed E-state index contributed by atoms with van der Waals surface area (Å²) in [6.45, 7) is 3.93. The molecule has 100 valence electrons. The van der Waals surface area contributed by atoms with Gasteiger partial charge in [-0.15, -0.1) is 0 Å². The van der Waals surface area contributed by atoms with Gasteiger partial charge in [-0.25, -0.2) is 4.79 Å². The lowest BCUT2D eigenvalue weighted by Gasteiger charge is -2.06. The van der Waals surface area contributed by atoms with Crippen LogP contribution in [0.25, 0.3) is 11.3 Å². The van der Waals surface area contributed by atoms with E-state index in [1.54, 1.807) is 13.2 Å². The lowest BCUT2D eigenvalue weighted by molar-refractivity contribution is 0.0695. The number of ether oxygens (including phenoxy) is 1. The van der Waals surface area contributed by atoms with Crippen LogP contribution in [0.2, 0.25) is 0 Å². The highest BCUT2D eigenvalue weighted by Gasteiger charge is 2.18. The number of H-pyrrole nitrogens is 1. The Hall–Kier alpha value is -2.23. The highest BCUT2D eigenvalue weighted by atomic mass is 16.5. The molecule has 0 fully saturated rings. The average molecular weight is 259 g/mol. The molecule has 0 saturated carbocycles. The molecule has 0 unspecified atom stereocenters. The number of carbonyl (C=O) groups is 1. The van der Waals surface area contributed by atoms with Gasteiger partial charge in [0.05, 0.1) is 18.4 Å². The second-order valence-corrected chi connectivity index (χ2v) is 4.67. The molecule has 0 bridgehead atoms. The van der Waals surface area contributed by atoms with Crippen molar-refractivity contribution in [2.24, 2.45) is 0 Å². The van der Waals surface area contributed by atoms with Crippen LogP contribution in [-0.2, 0) is 0 Å². The number of aromatic amines is 1. The Morgan fingerprint density at radius 2 is 2.00 bits per heavy atom. The molecule has 1 aromatic carbocycles. The summed E-state index contributed by atoms with van der Waals surface area (Å²) in [4.78, 5) is 14.5. The van der Waals surface area contributed by atoms with Crippen molar-refractivity contribution in [2.45, 2.75) is 19.8 Å². The van der Waals surface area contributed by atoms with E-state index in [9.17, 15) is 9.90 Å². The maximum atomic E-state index is 11.3. The van der Waals surface area contributed by atoms with Crippen molar-refractivity contribution >= 4 is 5.97 Å². The number of carboxylic acids is 1. The molecule has 1 heterocycles. The summed E-state index contributed by atoms with van der Waals surface area (Å²) in [5.74, 6) is -0.0772. The lowest BCUT2D eigenvalue weighted by Crippen LogP contribution is -2.01. The van der Waals surface area contributed by atoms with Crippen LogP contribution in [0, 0.1) is 0 Å². The molecule has 0 aliphatic carbocycles. The first kappa shape index (κ1) is 13.2. The Kier molecular flexibility index (Phi) is 3.60. The fraction of sp³-hybridized carbons (Fsp3) is 0.267.